The SMILES string of the molecule is CC/C=C(\CCC)c1ccc(F)cc1N.CC1CCCCOCC1.CCC(C)C(C)=O. The fraction of sp³-hybridized carbons (Fsp3) is 0.667. The van der Waals surface area contributed by atoms with Gasteiger partial charge in [0.15, 0.2) is 0 Å². The molecule has 2 unspecified atom stereocenters. The van der Waals surface area contributed by atoms with Crippen LogP contribution in [0.15, 0.2) is 24.3 Å². The van der Waals surface area contributed by atoms with E-state index in [-0.39, 0.29) is 11.7 Å². The summed E-state index contributed by atoms with van der Waals surface area (Å²) in [6, 6.07) is 4.61. The third kappa shape index (κ3) is 14.1. The van der Waals surface area contributed by atoms with E-state index in [4.69, 9.17) is 10.5 Å². The highest BCUT2D eigenvalue weighted by molar-refractivity contribution is 5.77. The molecule has 0 aliphatic carbocycles. The van der Waals surface area contributed by atoms with Crippen LogP contribution < -0.4 is 5.73 Å². The van der Waals surface area contributed by atoms with E-state index in [0.29, 0.717) is 11.5 Å². The number of nitrogens with two attached hydrogens (primary N) is 1. The molecule has 178 valence electrons. The first-order chi connectivity index (χ1) is 14.8. The highest BCUT2D eigenvalue weighted by Gasteiger charge is 2.06. The Hall–Kier alpha value is -1.68. The first-order valence-corrected chi connectivity index (χ1v) is 12.1. The minimum absolute atomic E-state index is 0.264. The van der Waals surface area contributed by atoms with E-state index in [2.05, 4.69) is 26.8 Å². The van der Waals surface area contributed by atoms with Crippen LogP contribution in [0.3, 0.4) is 0 Å². The molecule has 0 radical (unpaired) electrons. The number of nitrogen functional groups attached to an aromatic ring is 1. The summed E-state index contributed by atoms with van der Waals surface area (Å²) >= 11 is 0. The van der Waals surface area contributed by atoms with Crippen LogP contribution in [0.25, 0.3) is 5.57 Å². The summed E-state index contributed by atoms with van der Waals surface area (Å²) in [6.07, 6.45) is 11.5. The zero-order valence-corrected chi connectivity index (χ0v) is 20.8. The Balaban J connectivity index is 0.000000479. The summed E-state index contributed by atoms with van der Waals surface area (Å²) in [7, 11) is 0. The van der Waals surface area contributed by atoms with Crippen LogP contribution in [-0.4, -0.2) is 19.0 Å². The van der Waals surface area contributed by atoms with Crippen LogP contribution in [0.2, 0.25) is 0 Å². The normalized spacial score (nSPS) is 17.8. The Kier molecular flexibility index (Phi) is 17.0. The molecule has 1 aliphatic rings. The fourth-order valence-corrected chi connectivity index (χ4v) is 3.20. The molecule has 1 aromatic carbocycles. The van der Waals surface area contributed by atoms with Gasteiger partial charge < -0.3 is 10.5 Å². The van der Waals surface area contributed by atoms with E-state index in [1.165, 1.54) is 43.4 Å². The average Bonchev–Trinajstić information content (AvgIpc) is 2.71. The van der Waals surface area contributed by atoms with E-state index in [0.717, 1.165) is 50.4 Å². The smallest absolute Gasteiger partial charge is 0.132 e. The molecule has 0 saturated carbocycles. The number of anilines is 1. The van der Waals surface area contributed by atoms with E-state index in [1.54, 1.807) is 13.0 Å². The molecule has 2 atom stereocenters. The van der Waals surface area contributed by atoms with E-state index in [1.807, 2.05) is 13.8 Å². The van der Waals surface area contributed by atoms with Gasteiger partial charge in [-0.25, -0.2) is 4.39 Å². The van der Waals surface area contributed by atoms with Gasteiger partial charge in [-0.15, -0.1) is 0 Å². The largest absolute Gasteiger partial charge is 0.398 e. The number of hydrogen-bond donors (Lipinski definition) is 1. The van der Waals surface area contributed by atoms with Crippen molar-refractivity contribution in [3.63, 3.8) is 0 Å². The van der Waals surface area contributed by atoms with Crippen molar-refractivity contribution < 1.29 is 13.9 Å². The van der Waals surface area contributed by atoms with Crippen LogP contribution in [0.1, 0.15) is 98.5 Å². The van der Waals surface area contributed by atoms with Gasteiger partial charge in [-0.1, -0.05) is 60.0 Å². The Morgan fingerprint density at radius 3 is 2.45 bits per heavy atom. The Bertz CT molecular complexity index is 634. The maximum absolute atomic E-state index is 12.9. The van der Waals surface area contributed by atoms with Crippen molar-refractivity contribution in [3.8, 4) is 0 Å². The minimum atomic E-state index is -0.274. The van der Waals surface area contributed by atoms with Crippen molar-refractivity contribution in [1.82, 2.24) is 0 Å². The molecule has 2 rings (SSSR count). The average molecular weight is 436 g/mol. The Labute approximate surface area is 190 Å². The standard InChI is InChI=1S/C13H18FN.C8H16O.C6H12O/c1-3-5-10(6-4-2)12-8-7-11(14)9-13(12)15;1-8-4-2-3-6-9-7-5-8;1-4-5(2)6(3)7/h5,7-9H,3-4,6,15H2,1-2H3;8H,2-7H2,1H3;5H,4H2,1-3H3/b10-5+;;. The van der Waals surface area contributed by atoms with Crippen LogP contribution in [0, 0.1) is 17.7 Å². The van der Waals surface area contributed by atoms with Crippen molar-refractivity contribution >= 4 is 17.0 Å². The Morgan fingerprint density at radius 1 is 1.23 bits per heavy atom. The summed E-state index contributed by atoms with van der Waals surface area (Å²) in [5.74, 6) is 1.18. The molecule has 1 aromatic rings. The minimum Gasteiger partial charge on any atom is -0.398 e. The molecule has 3 nitrogen and oxygen atoms in total. The summed E-state index contributed by atoms with van der Waals surface area (Å²) < 4.78 is 18.2. The molecular weight excluding hydrogens is 389 g/mol. The number of carbonyl (C=O) groups excluding carboxylic acids is 1. The van der Waals surface area contributed by atoms with E-state index in [9.17, 15) is 9.18 Å². The number of carbonyl (C=O) groups is 1. The second-order valence-electron chi connectivity index (χ2n) is 8.54. The lowest BCUT2D eigenvalue weighted by Crippen LogP contribution is -2.07. The van der Waals surface area contributed by atoms with Gasteiger partial charge >= 0.3 is 0 Å². The summed E-state index contributed by atoms with van der Waals surface area (Å²) in [6.45, 7) is 14.1. The highest BCUT2D eigenvalue weighted by atomic mass is 19.1. The third-order valence-electron chi connectivity index (χ3n) is 5.63. The third-order valence-corrected chi connectivity index (χ3v) is 5.63. The van der Waals surface area contributed by atoms with Crippen molar-refractivity contribution in [1.29, 1.82) is 0 Å². The van der Waals surface area contributed by atoms with Gasteiger partial charge in [0.1, 0.15) is 11.6 Å². The highest BCUT2D eigenvalue weighted by Crippen LogP contribution is 2.26. The molecule has 0 aromatic heterocycles. The maximum Gasteiger partial charge on any atom is 0.132 e. The van der Waals surface area contributed by atoms with Gasteiger partial charge in [0.2, 0.25) is 0 Å². The predicted molar refractivity (Wildman–Crippen MR) is 133 cm³/mol. The zero-order valence-electron chi connectivity index (χ0n) is 20.8. The van der Waals surface area contributed by atoms with Gasteiger partial charge in [-0.3, -0.25) is 4.79 Å². The number of hydrogen-bond acceptors (Lipinski definition) is 3. The van der Waals surface area contributed by atoms with Crippen LogP contribution >= 0.6 is 0 Å². The molecule has 0 spiro atoms. The predicted octanol–water partition coefficient (Wildman–Crippen LogP) is 7.84. The number of allylic oxidation sites excluding steroid dienone is 2. The van der Waals surface area contributed by atoms with Gasteiger partial charge in [0.05, 0.1) is 0 Å². The number of Topliss-reactive ketones (excluding diaryl/α,β-unsaturated/α-hetero) is 1. The van der Waals surface area contributed by atoms with Crippen molar-refractivity contribution in [2.45, 2.75) is 92.9 Å². The summed E-state index contributed by atoms with van der Waals surface area (Å²) in [5, 5.41) is 0. The topological polar surface area (TPSA) is 52.3 Å². The first-order valence-electron chi connectivity index (χ1n) is 12.1. The number of benzene rings is 1. The first kappa shape index (κ1) is 29.3. The molecule has 2 N–H and O–H groups in total. The molecule has 31 heavy (non-hydrogen) atoms. The van der Waals surface area contributed by atoms with Crippen molar-refractivity contribution in [2.24, 2.45) is 11.8 Å². The lowest BCUT2D eigenvalue weighted by atomic mass is 9.99. The fourth-order valence-electron chi connectivity index (χ4n) is 3.20. The quantitative estimate of drug-likeness (QED) is 0.463. The van der Waals surface area contributed by atoms with Crippen LogP contribution in [0.5, 0.6) is 0 Å². The molecular formula is C27H46FNO2. The molecule has 1 aliphatic heterocycles. The number of ether oxygens (including phenoxy) is 1. The van der Waals surface area contributed by atoms with Gasteiger partial charge in [0.25, 0.3) is 0 Å². The van der Waals surface area contributed by atoms with Gasteiger partial charge in [0, 0.05) is 30.4 Å². The monoisotopic (exact) mass is 435 g/mol. The Morgan fingerprint density at radius 2 is 1.94 bits per heavy atom. The molecule has 1 heterocycles. The molecule has 4 heteroatoms. The molecule has 1 fully saturated rings. The van der Waals surface area contributed by atoms with Crippen LogP contribution in [-0.2, 0) is 9.53 Å². The molecule has 0 amide bonds. The molecule has 0 bridgehead atoms. The maximum atomic E-state index is 12.9. The van der Waals surface area contributed by atoms with E-state index < -0.39 is 0 Å². The van der Waals surface area contributed by atoms with E-state index >= 15 is 0 Å². The van der Waals surface area contributed by atoms with Crippen molar-refractivity contribution in [3.05, 3.63) is 35.7 Å². The van der Waals surface area contributed by atoms with Gasteiger partial charge in [-0.2, -0.15) is 0 Å². The summed E-state index contributed by atoms with van der Waals surface area (Å²) in [5.41, 5.74) is 8.52. The number of halogens is 1. The van der Waals surface area contributed by atoms with Crippen LogP contribution in [0.4, 0.5) is 10.1 Å². The van der Waals surface area contributed by atoms with Crippen molar-refractivity contribution in [2.75, 3.05) is 18.9 Å². The summed E-state index contributed by atoms with van der Waals surface area (Å²) in [4.78, 5) is 10.4. The lowest BCUT2D eigenvalue weighted by Gasteiger charge is -2.14. The number of ketones is 1. The molecule has 1 saturated heterocycles. The zero-order chi connectivity index (χ0) is 23.6. The second kappa shape index (κ2) is 17.9. The second-order valence-corrected chi connectivity index (χ2v) is 8.54. The number of rotatable bonds is 6. The van der Waals surface area contributed by atoms with Gasteiger partial charge in [-0.05, 0) is 68.7 Å². The lowest BCUT2D eigenvalue weighted by molar-refractivity contribution is -0.120.